The summed E-state index contributed by atoms with van der Waals surface area (Å²) < 4.78 is 5.31. The Kier molecular flexibility index (Phi) is 11.3. The maximum atomic E-state index is 12.4. The van der Waals surface area contributed by atoms with E-state index < -0.39 is 0 Å². The Morgan fingerprint density at radius 3 is 2.25 bits per heavy atom. The summed E-state index contributed by atoms with van der Waals surface area (Å²) in [5.74, 6) is 2.78. The molecule has 2 aromatic rings. The summed E-state index contributed by atoms with van der Waals surface area (Å²) in [6, 6.07) is 9.10. The lowest BCUT2D eigenvalue weighted by molar-refractivity contribution is -0.121. The number of methoxy groups -OCH3 is 1. The molecule has 3 rings (SSSR count). The Hall–Kier alpha value is -3.02. The highest BCUT2D eigenvalue weighted by Gasteiger charge is 2.28. The van der Waals surface area contributed by atoms with Crippen molar-refractivity contribution in [2.45, 2.75) is 80.1 Å². The molecule has 6 heteroatoms. The minimum absolute atomic E-state index is 0.121. The van der Waals surface area contributed by atoms with E-state index in [9.17, 15) is 14.7 Å². The van der Waals surface area contributed by atoms with E-state index >= 15 is 0 Å². The maximum Gasteiger partial charge on any atom is 0.227 e. The first-order chi connectivity index (χ1) is 17.1. The van der Waals surface area contributed by atoms with Crippen LogP contribution < -0.4 is 15.4 Å². The van der Waals surface area contributed by atoms with Crippen molar-refractivity contribution in [2.75, 3.05) is 17.7 Å². The minimum atomic E-state index is -0.121. The molecule has 0 aromatic heterocycles. The van der Waals surface area contributed by atoms with Crippen molar-refractivity contribution in [3.63, 3.8) is 0 Å². The van der Waals surface area contributed by atoms with Crippen LogP contribution in [-0.4, -0.2) is 24.0 Å². The minimum Gasteiger partial charge on any atom is -0.508 e. The molecule has 0 aliphatic heterocycles. The van der Waals surface area contributed by atoms with Gasteiger partial charge in [0.2, 0.25) is 11.8 Å². The van der Waals surface area contributed by atoms with Crippen LogP contribution in [-0.2, 0) is 16.0 Å². The number of carbonyl (C=O) groups excluding carboxylic acids is 2. The average molecular weight is 497 g/mol. The Balaban J connectivity index is 0.000000281. The van der Waals surface area contributed by atoms with Gasteiger partial charge in [0.05, 0.1) is 7.11 Å². The molecule has 1 fully saturated rings. The number of nitrogens with one attached hydrogen (secondary N) is 2. The zero-order valence-electron chi connectivity index (χ0n) is 23.0. The number of hydrogen-bond acceptors (Lipinski definition) is 4. The van der Waals surface area contributed by atoms with Crippen LogP contribution in [0.2, 0.25) is 0 Å². The first-order valence-electron chi connectivity index (χ1n) is 13.1. The predicted molar refractivity (Wildman–Crippen MR) is 148 cm³/mol. The number of aromatic hydroxyl groups is 1. The van der Waals surface area contributed by atoms with Crippen LogP contribution in [0.1, 0.15) is 76.5 Å². The molecule has 0 saturated heterocycles. The predicted octanol–water partition coefficient (Wildman–Crippen LogP) is 7.02. The molecule has 1 atom stereocenters. The van der Waals surface area contributed by atoms with E-state index in [0.29, 0.717) is 5.69 Å². The molecule has 36 heavy (non-hydrogen) atoms. The standard InChI is InChI=1S/C19H29NO2.C11H15NO2/c1-5-13(2)15-7-9-16(10-8-15)19(21)20-17-11-6-14(3)18(12-17)22-4;1-4-10-7(2)5-9(14)6-11(10)12-8(3)13/h6,11-13,15-16H,5,7-10H2,1-4H3,(H,20,21);5-6,14H,4H2,1-3H3,(H,12,13). The fourth-order valence-corrected chi connectivity index (χ4v) is 4.99. The first kappa shape index (κ1) is 29.2. The number of phenolic OH excluding ortho intramolecular Hbond substituents is 1. The fourth-order valence-electron chi connectivity index (χ4n) is 4.99. The van der Waals surface area contributed by atoms with E-state index in [4.69, 9.17) is 4.74 Å². The Morgan fingerprint density at radius 2 is 1.69 bits per heavy atom. The summed E-state index contributed by atoms with van der Waals surface area (Å²) in [6.07, 6.45) is 6.48. The van der Waals surface area contributed by atoms with Crippen molar-refractivity contribution < 1.29 is 19.4 Å². The third-order valence-corrected chi connectivity index (χ3v) is 7.39. The van der Waals surface area contributed by atoms with Gasteiger partial charge in [-0.2, -0.15) is 0 Å². The zero-order valence-corrected chi connectivity index (χ0v) is 23.0. The van der Waals surface area contributed by atoms with Crippen LogP contribution in [0.3, 0.4) is 0 Å². The Labute approximate surface area is 216 Å². The van der Waals surface area contributed by atoms with Gasteiger partial charge in [0.25, 0.3) is 0 Å². The van der Waals surface area contributed by atoms with Gasteiger partial charge in [0.1, 0.15) is 11.5 Å². The third kappa shape index (κ3) is 8.28. The summed E-state index contributed by atoms with van der Waals surface area (Å²) in [5.41, 5.74) is 4.68. The molecule has 0 radical (unpaired) electrons. The monoisotopic (exact) mass is 496 g/mol. The van der Waals surface area contributed by atoms with Gasteiger partial charge in [-0.05, 0) is 86.6 Å². The molecule has 0 heterocycles. The number of ether oxygens (including phenoxy) is 1. The summed E-state index contributed by atoms with van der Waals surface area (Å²) in [6.45, 7) is 12.0. The molecule has 3 N–H and O–H groups in total. The third-order valence-electron chi connectivity index (χ3n) is 7.39. The maximum absolute atomic E-state index is 12.4. The highest BCUT2D eigenvalue weighted by molar-refractivity contribution is 5.93. The van der Waals surface area contributed by atoms with Gasteiger partial charge in [0, 0.05) is 36.3 Å². The number of hydrogen-bond donors (Lipinski definition) is 3. The molecule has 1 aliphatic rings. The molecular weight excluding hydrogens is 452 g/mol. The Bertz CT molecular complexity index is 1030. The Morgan fingerprint density at radius 1 is 1.03 bits per heavy atom. The molecule has 2 amide bonds. The molecule has 1 unspecified atom stereocenters. The largest absolute Gasteiger partial charge is 0.508 e. The van der Waals surface area contributed by atoms with Gasteiger partial charge in [-0.25, -0.2) is 0 Å². The van der Waals surface area contributed by atoms with Crippen LogP contribution in [0.4, 0.5) is 11.4 Å². The van der Waals surface area contributed by atoms with Gasteiger partial charge < -0.3 is 20.5 Å². The van der Waals surface area contributed by atoms with Gasteiger partial charge in [-0.1, -0.05) is 33.3 Å². The van der Waals surface area contributed by atoms with Crippen LogP contribution in [0, 0.1) is 31.6 Å². The summed E-state index contributed by atoms with van der Waals surface area (Å²) in [7, 11) is 1.66. The molecule has 1 saturated carbocycles. The number of benzene rings is 2. The quantitative estimate of drug-likeness (QED) is 0.384. The smallest absolute Gasteiger partial charge is 0.227 e. The summed E-state index contributed by atoms with van der Waals surface area (Å²) >= 11 is 0. The number of amides is 2. The second-order valence-electron chi connectivity index (χ2n) is 9.99. The van der Waals surface area contributed by atoms with Gasteiger partial charge in [-0.15, -0.1) is 0 Å². The number of carbonyl (C=O) groups is 2. The first-order valence-corrected chi connectivity index (χ1v) is 13.1. The molecule has 0 spiro atoms. The van der Waals surface area contributed by atoms with Crippen molar-refractivity contribution >= 4 is 23.2 Å². The lowest BCUT2D eigenvalue weighted by Gasteiger charge is -2.31. The number of phenols is 1. The lowest BCUT2D eigenvalue weighted by Crippen LogP contribution is -2.28. The second kappa shape index (κ2) is 13.9. The second-order valence-corrected chi connectivity index (χ2v) is 9.99. The number of aryl methyl sites for hydroxylation is 2. The van der Waals surface area contributed by atoms with Crippen molar-refractivity contribution in [2.24, 2.45) is 17.8 Å². The van der Waals surface area contributed by atoms with Crippen LogP contribution in [0.25, 0.3) is 0 Å². The van der Waals surface area contributed by atoms with Crippen molar-refractivity contribution in [3.05, 3.63) is 47.0 Å². The average Bonchev–Trinajstić information content (AvgIpc) is 2.84. The zero-order chi connectivity index (χ0) is 26.8. The van der Waals surface area contributed by atoms with Gasteiger partial charge >= 0.3 is 0 Å². The topological polar surface area (TPSA) is 87.7 Å². The van der Waals surface area contributed by atoms with E-state index in [-0.39, 0.29) is 23.5 Å². The number of anilines is 2. The highest BCUT2D eigenvalue weighted by Crippen LogP contribution is 2.35. The summed E-state index contributed by atoms with van der Waals surface area (Å²) in [4.78, 5) is 23.4. The van der Waals surface area contributed by atoms with E-state index in [1.807, 2.05) is 39.0 Å². The van der Waals surface area contributed by atoms with Crippen molar-refractivity contribution in [3.8, 4) is 11.5 Å². The van der Waals surface area contributed by atoms with Crippen LogP contribution in [0.5, 0.6) is 11.5 Å². The molecule has 6 nitrogen and oxygen atoms in total. The van der Waals surface area contributed by atoms with Gasteiger partial charge in [-0.3, -0.25) is 9.59 Å². The SMILES string of the molecule is CCC(C)C1CCC(C(=O)Nc2ccc(C)c(OC)c2)CC1.CCc1c(C)cc(O)cc1NC(C)=O. The van der Waals surface area contributed by atoms with Crippen molar-refractivity contribution in [1.82, 2.24) is 0 Å². The highest BCUT2D eigenvalue weighted by atomic mass is 16.5. The van der Waals surface area contributed by atoms with Crippen molar-refractivity contribution in [1.29, 1.82) is 0 Å². The normalized spacial score (nSPS) is 17.9. The molecule has 1 aliphatic carbocycles. The number of rotatable bonds is 7. The molecule has 2 aromatic carbocycles. The lowest BCUT2D eigenvalue weighted by atomic mass is 9.75. The van der Waals surface area contributed by atoms with E-state index in [1.54, 1.807) is 19.2 Å². The van der Waals surface area contributed by atoms with Crippen LogP contribution in [0.15, 0.2) is 30.3 Å². The van der Waals surface area contributed by atoms with Gasteiger partial charge in [0.15, 0.2) is 0 Å². The van der Waals surface area contributed by atoms with E-state index in [0.717, 1.165) is 59.2 Å². The summed E-state index contributed by atoms with van der Waals surface area (Å²) in [5, 5.41) is 15.1. The van der Waals surface area contributed by atoms with E-state index in [1.165, 1.54) is 26.2 Å². The van der Waals surface area contributed by atoms with E-state index in [2.05, 4.69) is 24.5 Å². The molecular formula is C30H44N2O4. The molecule has 198 valence electrons. The van der Waals surface area contributed by atoms with Crippen LogP contribution >= 0.6 is 0 Å². The fraction of sp³-hybridized carbons (Fsp3) is 0.533. The molecule has 0 bridgehead atoms.